The highest BCUT2D eigenvalue weighted by Gasteiger charge is 2.11. The van der Waals surface area contributed by atoms with Crippen molar-refractivity contribution in [1.29, 1.82) is 0 Å². The first-order chi connectivity index (χ1) is 12.1. The molecule has 4 aromatic rings. The molecule has 0 N–H and O–H groups in total. The van der Waals surface area contributed by atoms with E-state index in [0.717, 1.165) is 23.1 Å². The number of rotatable bonds is 3. The Morgan fingerprint density at radius 2 is 1.96 bits per heavy atom. The Morgan fingerprint density at radius 1 is 1.16 bits per heavy atom. The van der Waals surface area contributed by atoms with Gasteiger partial charge in [-0.05, 0) is 36.6 Å². The van der Waals surface area contributed by atoms with E-state index >= 15 is 0 Å². The lowest BCUT2D eigenvalue weighted by atomic mass is 10.1. The van der Waals surface area contributed by atoms with Crippen LogP contribution >= 0.6 is 11.3 Å². The third-order valence-corrected chi connectivity index (χ3v) is 5.10. The summed E-state index contributed by atoms with van der Waals surface area (Å²) in [5, 5.41) is 4.40. The molecule has 0 aliphatic heterocycles. The van der Waals surface area contributed by atoms with E-state index in [1.54, 1.807) is 0 Å². The zero-order chi connectivity index (χ0) is 17.4. The van der Waals surface area contributed by atoms with Crippen LogP contribution in [0.5, 0.6) is 0 Å². The quantitative estimate of drug-likeness (QED) is 0.572. The second-order valence-electron chi connectivity index (χ2n) is 6.01. The Morgan fingerprint density at radius 3 is 2.64 bits per heavy atom. The summed E-state index contributed by atoms with van der Waals surface area (Å²) < 4.78 is 2.05. The molecule has 2 heterocycles. The molecule has 0 saturated heterocycles. The summed E-state index contributed by atoms with van der Waals surface area (Å²) in [7, 11) is 0. The van der Waals surface area contributed by atoms with Crippen molar-refractivity contribution in [3.05, 3.63) is 80.1 Å². The standard InChI is InChI=1S/C20H17N3OS/c1-3-14-7-9-15(10-8-14)12-17-19(24)23-20(25-17)21-18(22-23)16-6-4-5-13(2)11-16/h4-12H,3H2,1-2H3/b17-12-. The summed E-state index contributed by atoms with van der Waals surface area (Å²) >= 11 is 1.37. The lowest BCUT2D eigenvalue weighted by molar-refractivity contribution is 0.936. The first-order valence-corrected chi connectivity index (χ1v) is 9.03. The van der Waals surface area contributed by atoms with E-state index in [1.807, 2.05) is 49.4 Å². The Labute approximate surface area is 149 Å². The Bertz CT molecular complexity index is 1160. The van der Waals surface area contributed by atoms with E-state index in [2.05, 4.69) is 29.1 Å². The normalized spacial score (nSPS) is 12.2. The van der Waals surface area contributed by atoms with Crippen LogP contribution in [0.1, 0.15) is 23.6 Å². The predicted molar refractivity (Wildman–Crippen MR) is 102 cm³/mol. The molecule has 0 spiro atoms. The van der Waals surface area contributed by atoms with Crippen molar-refractivity contribution >= 4 is 22.4 Å². The molecule has 5 heteroatoms. The molecule has 0 saturated carbocycles. The fraction of sp³-hybridized carbons (Fsp3) is 0.150. The highest BCUT2D eigenvalue weighted by atomic mass is 32.1. The Hall–Kier alpha value is -2.79. The molecule has 0 radical (unpaired) electrons. The number of thiazole rings is 1. The highest BCUT2D eigenvalue weighted by Crippen LogP contribution is 2.17. The van der Waals surface area contributed by atoms with E-state index in [0.29, 0.717) is 15.3 Å². The fourth-order valence-electron chi connectivity index (χ4n) is 2.74. The highest BCUT2D eigenvalue weighted by molar-refractivity contribution is 7.15. The third kappa shape index (κ3) is 2.98. The molecular formula is C20H17N3OS. The molecule has 4 rings (SSSR count). The van der Waals surface area contributed by atoms with Crippen molar-refractivity contribution in [2.45, 2.75) is 20.3 Å². The topological polar surface area (TPSA) is 47.3 Å². The van der Waals surface area contributed by atoms with E-state index in [9.17, 15) is 4.79 Å². The molecule has 0 aliphatic rings. The summed E-state index contributed by atoms with van der Waals surface area (Å²) in [5.41, 5.74) is 4.24. The van der Waals surface area contributed by atoms with E-state index in [1.165, 1.54) is 21.4 Å². The van der Waals surface area contributed by atoms with Crippen LogP contribution in [0.15, 0.2) is 53.3 Å². The van der Waals surface area contributed by atoms with Crippen LogP contribution in [0.3, 0.4) is 0 Å². The molecule has 2 aromatic carbocycles. The minimum Gasteiger partial charge on any atom is -0.266 e. The van der Waals surface area contributed by atoms with Crippen LogP contribution in [0.25, 0.3) is 22.4 Å². The summed E-state index contributed by atoms with van der Waals surface area (Å²) in [6.07, 6.45) is 2.90. The van der Waals surface area contributed by atoms with Gasteiger partial charge in [0.1, 0.15) is 0 Å². The van der Waals surface area contributed by atoms with E-state index in [4.69, 9.17) is 0 Å². The number of hydrogen-bond acceptors (Lipinski definition) is 4. The maximum Gasteiger partial charge on any atom is 0.291 e. The fourth-order valence-corrected chi connectivity index (χ4v) is 3.65. The first-order valence-electron chi connectivity index (χ1n) is 8.21. The van der Waals surface area contributed by atoms with Crippen molar-refractivity contribution in [1.82, 2.24) is 14.6 Å². The van der Waals surface area contributed by atoms with Gasteiger partial charge < -0.3 is 0 Å². The molecular weight excluding hydrogens is 330 g/mol. The van der Waals surface area contributed by atoms with Crippen LogP contribution in [-0.4, -0.2) is 14.6 Å². The molecule has 25 heavy (non-hydrogen) atoms. The molecule has 0 fully saturated rings. The minimum absolute atomic E-state index is 0.119. The van der Waals surface area contributed by atoms with Crippen molar-refractivity contribution in [3.8, 4) is 11.4 Å². The van der Waals surface area contributed by atoms with Crippen LogP contribution < -0.4 is 10.1 Å². The van der Waals surface area contributed by atoms with Gasteiger partial charge in [0.15, 0.2) is 5.82 Å². The van der Waals surface area contributed by atoms with Crippen molar-refractivity contribution in [3.63, 3.8) is 0 Å². The molecule has 0 amide bonds. The predicted octanol–water partition coefficient (Wildman–Crippen LogP) is 3.24. The molecule has 0 aliphatic carbocycles. The number of fused-ring (bicyclic) bond motifs is 1. The number of aromatic nitrogens is 3. The number of nitrogens with zero attached hydrogens (tertiary/aromatic N) is 3. The van der Waals surface area contributed by atoms with Gasteiger partial charge in [-0.25, -0.2) is 0 Å². The molecule has 0 unspecified atom stereocenters. The molecule has 2 aromatic heterocycles. The molecule has 0 bridgehead atoms. The van der Waals surface area contributed by atoms with Crippen molar-refractivity contribution < 1.29 is 0 Å². The summed E-state index contributed by atoms with van der Waals surface area (Å²) in [5.74, 6) is 0.589. The van der Waals surface area contributed by atoms with Gasteiger partial charge in [-0.2, -0.15) is 9.50 Å². The molecule has 4 nitrogen and oxygen atoms in total. The van der Waals surface area contributed by atoms with Gasteiger partial charge in [0.2, 0.25) is 4.96 Å². The number of benzene rings is 2. The number of hydrogen-bond donors (Lipinski definition) is 0. The second kappa shape index (κ2) is 6.26. The van der Waals surface area contributed by atoms with Crippen LogP contribution in [0, 0.1) is 6.92 Å². The van der Waals surface area contributed by atoms with Crippen LogP contribution in [0.4, 0.5) is 0 Å². The lowest BCUT2D eigenvalue weighted by Crippen LogP contribution is -2.23. The SMILES string of the molecule is CCc1ccc(/C=c2\sc3nc(-c4cccc(C)c4)nn3c2=O)cc1. The van der Waals surface area contributed by atoms with Gasteiger partial charge in [-0.3, -0.25) is 4.79 Å². The number of aryl methyl sites for hydroxylation is 2. The third-order valence-electron chi connectivity index (χ3n) is 4.14. The van der Waals surface area contributed by atoms with Crippen molar-refractivity contribution in [2.75, 3.05) is 0 Å². The summed E-state index contributed by atoms with van der Waals surface area (Å²) in [6.45, 7) is 4.15. The average molecular weight is 347 g/mol. The van der Waals surface area contributed by atoms with Gasteiger partial charge in [0.05, 0.1) is 4.53 Å². The van der Waals surface area contributed by atoms with Crippen LogP contribution in [0.2, 0.25) is 0 Å². The maximum atomic E-state index is 12.6. The van der Waals surface area contributed by atoms with Gasteiger partial charge in [0.25, 0.3) is 5.56 Å². The van der Waals surface area contributed by atoms with Gasteiger partial charge in [0, 0.05) is 5.56 Å². The summed E-state index contributed by atoms with van der Waals surface area (Å²) in [4.78, 5) is 17.8. The molecule has 0 atom stereocenters. The smallest absolute Gasteiger partial charge is 0.266 e. The van der Waals surface area contributed by atoms with E-state index in [-0.39, 0.29) is 5.56 Å². The van der Waals surface area contributed by atoms with Crippen molar-refractivity contribution in [2.24, 2.45) is 0 Å². The van der Waals surface area contributed by atoms with Gasteiger partial charge >= 0.3 is 0 Å². The lowest BCUT2D eigenvalue weighted by Gasteiger charge is -1.96. The molecule has 124 valence electrons. The second-order valence-corrected chi connectivity index (χ2v) is 7.02. The summed E-state index contributed by atoms with van der Waals surface area (Å²) in [6, 6.07) is 16.2. The zero-order valence-electron chi connectivity index (χ0n) is 14.1. The zero-order valence-corrected chi connectivity index (χ0v) is 14.9. The average Bonchev–Trinajstić information content (AvgIpc) is 3.16. The Balaban J connectivity index is 1.77. The van der Waals surface area contributed by atoms with Crippen LogP contribution in [-0.2, 0) is 6.42 Å². The maximum absolute atomic E-state index is 12.6. The Kier molecular flexibility index (Phi) is 3.93. The monoisotopic (exact) mass is 347 g/mol. The minimum atomic E-state index is -0.119. The first kappa shape index (κ1) is 15.7. The van der Waals surface area contributed by atoms with E-state index < -0.39 is 0 Å². The van der Waals surface area contributed by atoms with Gasteiger partial charge in [-0.15, -0.1) is 5.10 Å². The van der Waals surface area contributed by atoms with Gasteiger partial charge in [-0.1, -0.05) is 66.3 Å². The largest absolute Gasteiger partial charge is 0.291 e.